The van der Waals surface area contributed by atoms with Crippen molar-refractivity contribution in [2.75, 3.05) is 7.05 Å². The van der Waals surface area contributed by atoms with Gasteiger partial charge < -0.3 is 16.2 Å². The van der Waals surface area contributed by atoms with E-state index in [2.05, 4.69) is 4.99 Å². The Kier molecular flexibility index (Phi) is 4.24. The fraction of sp³-hybridized carbons (Fsp3) is 0.500. The lowest BCUT2D eigenvalue weighted by atomic mass is 10.2. The third kappa shape index (κ3) is 2.85. The highest BCUT2D eigenvalue weighted by atomic mass is 19.1. The number of hydroxylamine groups is 2. The summed E-state index contributed by atoms with van der Waals surface area (Å²) in [5.74, 6) is 0. The van der Waals surface area contributed by atoms with E-state index in [0.717, 1.165) is 13.1 Å². The van der Waals surface area contributed by atoms with Crippen molar-refractivity contribution in [2.24, 2.45) is 10.7 Å². The zero-order valence-corrected chi connectivity index (χ0v) is 6.86. The molecule has 12 heavy (non-hydrogen) atoms. The molecule has 0 aliphatic heterocycles. The van der Waals surface area contributed by atoms with Crippen LogP contribution in [0.15, 0.2) is 16.4 Å². The van der Waals surface area contributed by atoms with E-state index >= 15 is 0 Å². The van der Waals surface area contributed by atoms with Gasteiger partial charge in [-0.3, -0.25) is 10.2 Å². The molecule has 1 atom stereocenters. The zero-order chi connectivity index (χ0) is 9.72. The van der Waals surface area contributed by atoms with Crippen molar-refractivity contribution in [1.82, 2.24) is 5.23 Å². The maximum absolute atomic E-state index is 12.5. The van der Waals surface area contributed by atoms with E-state index in [-0.39, 0.29) is 11.4 Å². The second-order valence-electron chi connectivity index (χ2n) is 2.12. The molecule has 0 amide bonds. The van der Waals surface area contributed by atoms with Gasteiger partial charge in [-0.15, -0.1) is 0 Å². The maximum atomic E-state index is 12.5. The predicted molar refractivity (Wildman–Crippen MR) is 43.2 cm³/mol. The van der Waals surface area contributed by atoms with Gasteiger partial charge in [-0.25, -0.2) is 4.39 Å². The summed E-state index contributed by atoms with van der Waals surface area (Å²) in [6, 6.07) is 0. The average Bonchev–Trinajstić information content (AvgIpc) is 1.98. The first-order chi connectivity index (χ1) is 5.50. The van der Waals surface area contributed by atoms with Crippen LogP contribution in [0.1, 0.15) is 6.92 Å². The van der Waals surface area contributed by atoms with Crippen LogP contribution in [-0.2, 0) is 0 Å². The molecule has 0 aliphatic rings. The van der Waals surface area contributed by atoms with E-state index in [0.29, 0.717) is 0 Å². The Balaban J connectivity index is 4.80. The molecule has 1 unspecified atom stereocenters. The predicted octanol–water partition coefficient (Wildman–Crippen LogP) is 0.404. The molecule has 0 aromatic rings. The standard InChI is InChI=1S/C6H11FN3O2/c1-4(7)6(8)5(3-9-2)10(11)12/h3-4,11H,8H2,1-2H3/q-1. The van der Waals surface area contributed by atoms with Crippen LogP contribution in [0.2, 0.25) is 0 Å². The largest absolute Gasteiger partial charge is 0.733 e. The molecule has 3 N–H and O–H groups in total. The highest BCUT2D eigenvalue weighted by molar-refractivity contribution is 5.78. The summed E-state index contributed by atoms with van der Waals surface area (Å²) in [7, 11) is 1.37. The van der Waals surface area contributed by atoms with E-state index in [9.17, 15) is 9.60 Å². The Hall–Kier alpha value is -1.14. The first kappa shape index (κ1) is 10.9. The van der Waals surface area contributed by atoms with Crippen molar-refractivity contribution in [3.63, 3.8) is 0 Å². The molecule has 0 heterocycles. The second-order valence-corrected chi connectivity index (χ2v) is 2.12. The lowest BCUT2D eigenvalue weighted by Crippen LogP contribution is -2.22. The quantitative estimate of drug-likeness (QED) is 0.481. The van der Waals surface area contributed by atoms with Gasteiger partial charge in [-0.05, 0) is 6.92 Å². The summed E-state index contributed by atoms with van der Waals surface area (Å²) in [5.41, 5.74) is 4.43. The van der Waals surface area contributed by atoms with Gasteiger partial charge in [0.15, 0.2) is 0 Å². The third-order valence-corrected chi connectivity index (χ3v) is 1.18. The Labute approximate surface area is 69.5 Å². The fourth-order valence-electron chi connectivity index (χ4n) is 0.560. The molecular weight excluding hydrogens is 165 g/mol. The molecular formula is C6H11FN3O2-. The average molecular weight is 176 g/mol. The van der Waals surface area contributed by atoms with E-state index in [1.165, 1.54) is 7.05 Å². The molecule has 0 aliphatic carbocycles. The number of nitrogens with two attached hydrogens (primary N) is 1. The van der Waals surface area contributed by atoms with E-state index in [4.69, 9.17) is 10.9 Å². The summed E-state index contributed by atoms with van der Waals surface area (Å²) in [6.07, 6.45) is -0.514. The van der Waals surface area contributed by atoms with Gasteiger partial charge in [0, 0.05) is 13.3 Å². The van der Waals surface area contributed by atoms with Crippen molar-refractivity contribution < 1.29 is 9.60 Å². The van der Waals surface area contributed by atoms with Crippen LogP contribution in [-0.4, -0.2) is 29.9 Å². The number of halogens is 1. The number of rotatable bonds is 3. The lowest BCUT2D eigenvalue weighted by Gasteiger charge is -2.24. The fourth-order valence-corrected chi connectivity index (χ4v) is 0.560. The summed E-state index contributed by atoms with van der Waals surface area (Å²) in [6.45, 7) is 1.16. The van der Waals surface area contributed by atoms with Crippen molar-refractivity contribution >= 4 is 6.21 Å². The number of aliphatic imine (C=N–C) groups is 1. The van der Waals surface area contributed by atoms with Crippen LogP contribution in [0.4, 0.5) is 4.39 Å². The zero-order valence-electron chi connectivity index (χ0n) is 6.86. The van der Waals surface area contributed by atoms with Crippen LogP contribution in [0.25, 0.3) is 0 Å². The number of allylic oxidation sites excluding steroid dienone is 2. The van der Waals surface area contributed by atoms with Crippen LogP contribution in [0.3, 0.4) is 0 Å². The molecule has 0 aromatic carbocycles. The van der Waals surface area contributed by atoms with Crippen LogP contribution >= 0.6 is 0 Å². The van der Waals surface area contributed by atoms with E-state index in [1.54, 1.807) is 0 Å². The van der Waals surface area contributed by atoms with Crippen LogP contribution in [0.5, 0.6) is 0 Å². The third-order valence-electron chi connectivity index (χ3n) is 1.18. The number of hydrogen-bond donors (Lipinski definition) is 2. The van der Waals surface area contributed by atoms with Gasteiger partial charge in [0.1, 0.15) is 6.17 Å². The number of hydrogen-bond acceptors (Lipinski definition) is 5. The van der Waals surface area contributed by atoms with Crippen molar-refractivity contribution in [3.05, 3.63) is 16.6 Å². The Morgan fingerprint density at radius 1 is 1.83 bits per heavy atom. The topological polar surface area (TPSA) is 84.9 Å². The SMILES string of the molecule is CN=CC(=C(N)C(C)F)N([O-])O. The molecule has 0 aromatic heterocycles. The minimum absolute atomic E-state index is 0.349. The number of alkyl halides is 1. The van der Waals surface area contributed by atoms with E-state index < -0.39 is 11.4 Å². The molecule has 70 valence electrons. The summed E-state index contributed by atoms with van der Waals surface area (Å²) in [4.78, 5) is 3.43. The smallest absolute Gasteiger partial charge is 0.139 e. The monoisotopic (exact) mass is 176 g/mol. The molecule has 0 radical (unpaired) electrons. The number of nitrogens with zero attached hydrogens (tertiary/aromatic N) is 2. The highest BCUT2D eigenvalue weighted by Crippen LogP contribution is 2.07. The van der Waals surface area contributed by atoms with Gasteiger partial charge >= 0.3 is 0 Å². The first-order valence-electron chi connectivity index (χ1n) is 3.22. The molecule has 0 bridgehead atoms. The summed E-state index contributed by atoms with van der Waals surface area (Å²) >= 11 is 0. The van der Waals surface area contributed by atoms with Gasteiger partial charge in [0.2, 0.25) is 0 Å². The van der Waals surface area contributed by atoms with Crippen molar-refractivity contribution in [2.45, 2.75) is 13.1 Å². The van der Waals surface area contributed by atoms with Gasteiger partial charge in [0.25, 0.3) is 0 Å². The minimum Gasteiger partial charge on any atom is -0.733 e. The first-order valence-corrected chi connectivity index (χ1v) is 3.22. The van der Waals surface area contributed by atoms with E-state index in [1.807, 2.05) is 0 Å². The van der Waals surface area contributed by atoms with Gasteiger partial charge in [-0.2, -0.15) is 0 Å². The van der Waals surface area contributed by atoms with Crippen molar-refractivity contribution in [1.29, 1.82) is 0 Å². The second kappa shape index (κ2) is 4.68. The molecule has 0 spiro atoms. The Morgan fingerprint density at radius 3 is 2.58 bits per heavy atom. The maximum Gasteiger partial charge on any atom is 0.139 e. The molecule has 0 fully saturated rings. The Morgan fingerprint density at radius 2 is 2.33 bits per heavy atom. The summed E-state index contributed by atoms with van der Waals surface area (Å²) < 4.78 is 12.5. The molecule has 6 heteroatoms. The normalized spacial score (nSPS) is 16.1. The van der Waals surface area contributed by atoms with Gasteiger partial charge in [0.05, 0.1) is 11.4 Å². The highest BCUT2D eigenvalue weighted by Gasteiger charge is 2.08. The molecule has 0 rings (SSSR count). The summed E-state index contributed by atoms with van der Waals surface area (Å²) in [5, 5.41) is 18.3. The minimum atomic E-state index is -1.50. The Bertz CT molecular complexity index is 201. The van der Waals surface area contributed by atoms with Crippen molar-refractivity contribution in [3.8, 4) is 0 Å². The molecule has 5 nitrogen and oxygen atoms in total. The van der Waals surface area contributed by atoms with Crippen LogP contribution in [0, 0.1) is 5.21 Å². The molecule has 0 saturated heterocycles. The lowest BCUT2D eigenvalue weighted by molar-refractivity contribution is 0.00235. The van der Waals surface area contributed by atoms with Gasteiger partial charge in [-0.1, -0.05) is 0 Å². The van der Waals surface area contributed by atoms with Crippen LogP contribution < -0.4 is 5.73 Å². The molecule has 0 saturated carbocycles.